The van der Waals surface area contributed by atoms with Gasteiger partial charge in [0.1, 0.15) is 12.4 Å². The summed E-state index contributed by atoms with van der Waals surface area (Å²) in [6.45, 7) is 3.28. The summed E-state index contributed by atoms with van der Waals surface area (Å²) in [5, 5.41) is 0. The predicted molar refractivity (Wildman–Crippen MR) is 38.7 cm³/mol. The molecular weight excluding hydrogens is 116 g/mol. The van der Waals surface area contributed by atoms with E-state index in [-0.39, 0.29) is 0 Å². The zero-order valence-electron chi connectivity index (χ0n) is 6.05. The molecule has 0 aromatic carbocycles. The van der Waals surface area contributed by atoms with Gasteiger partial charge in [0.05, 0.1) is 0 Å². The molecule has 0 aromatic rings. The van der Waals surface area contributed by atoms with Crippen molar-refractivity contribution in [2.24, 2.45) is 10.7 Å². The minimum absolute atomic E-state index is 0.463. The van der Waals surface area contributed by atoms with E-state index in [0.717, 1.165) is 13.0 Å². The second-order valence-electron chi connectivity index (χ2n) is 1.77. The average molecular weight is 130 g/mol. The maximum Gasteiger partial charge on any atom is 0.120 e. The Morgan fingerprint density at radius 1 is 1.67 bits per heavy atom. The first-order chi connectivity index (χ1) is 4.31. The van der Waals surface area contributed by atoms with Crippen LogP contribution in [-0.2, 0) is 4.74 Å². The van der Waals surface area contributed by atoms with Crippen LogP contribution in [0.1, 0.15) is 13.3 Å². The highest BCUT2D eigenvalue weighted by molar-refractivity contribution is 5.81. The van der Waals surface area contributed by atoms with Gasteiger partial charge in [-0.2, -0.15) is 0 Å². The lowest BCUT2D eigenvalue weighted by atomic mass is 10.5. The molecule has 0 spiro atoms. The summed E-state index contributed by atoms with van der Waals surface area (Å²) in [6, 6.07) is 0. The van der Waals surface area contributed by atoms with Gasteiger partial charge in [-0.15, -0.1) is 0 Å². The molecule has 0 fully saturated rings. The van der Waals surface area contributed by atoms with Gasteiger partial charge in [0.25, 0.3) is 0 Å². The zero-order valence-corrected chi connectivity index (χ0v) is 6.05. The van der Waals surface area contributed by atoms with Crippen LogP contribution in [0.2, 0.25) is 0 Å². The lowest BCUT2D eigenvalue weighted by molar-refractivity contribution is 0.171. The average Bonchev–Trinajstić information content (AvgIpc) is 1.89. The molecule has 0 aromatic heterocycles. The molecule has 0 aliphatic carbocycles. The van der Waals surface area contributed by atoms with E-state index in [1.807, 2.05) is 0 Å². The molecule has 2 N–H and O–H groups in total. The minimum atomic E-state index is 0.463. The molecule has 54 valence electrons. The standard InChI is InChI=1S/C6H14N2O/c1-3-4-9-5-6(7)8-2/h3-5H2,1-2H3,(H2,7,8). The van der Waals surface area contributed by atoms with Crippen LogP contribution >= 0.6 is 0 Å². The summed E-state index contributed by atoms with van der Waals surface area (Å²) in [7, 11) is 1.66. The fourth-order valence-electron chi connectivity index (χ4n) is 0.386. The van der Waals surface area contributed by atoms with Crippen molar-refractivity contribution >= 4 is 5.84 Å². The molecule has 0 saturated carbocycles. The van der Waals surface area contributed by atoms with Gasteiger partial charge in [0.15, 0.2) is 0 Å². The number of hydrogen-bond donors (Lipinski definition) is 1. The Morgan fingerprint density at radius 2 is 2.33 bits per heavy atom. The van der Waals surface area contributed by atoms with Crippen molar-refractivity contribution in [3.63, 3.8) is 0 Å². The first kappa shape index (κ1) is 8.43. The van der Waals surface area contributed by atoms with Crippen LogP contribution in [-0.4, -0.2) is 26.1 Å². The molecule has 0 amide bonds. The van der Waals surface area contributed by atoms with E-state index in [4.69, 9.17) is 10.5 Å². The van der Waals surface area contributed by atoms with E-state index >= 15 is 0 Å². The second kappa shape index (κ2) is 5.56. The largest absolute Gasteiger partial charge is 0.386 e. The van der Waals surface area contributed by atoms with Gasteiger partial charge in [-0.3, -0.25) is 4.99 Å². The third-order valence-electron chi connectivity index (χ3n) is 0.886. The highest BCUT2D eigenvalue weighted by Gasteiger charge is 1.87. The van der Waals surface area contributed by atoms with Gasteiger partial charge >= 0.3 is 0 Å². The zero-order chi connectivity index (χ0) is 7.11. The van der Waals surface area contributed by atoms with E-state index in [1.165, 1.54) is 0 Å². The van der Waals surface area contributed by atoms with Crippen molar-refractivity contribution in [3.8, 4) is 0 Å². The van der Waals surface area contributed by atoms with E-state index < -0.39 is 0 Å². The highest BCUT2D eigenvalue weighted by Crippen LogP contribution is 1.78. The number of rotatable bonds is 4. The Labute approximate surface area is 55.9 Å². The Balaban J connectivity index is 3.07. The summed E-state index contributed by atoms with van der Waals surface area (Å²) < 4.78 is 5.08. The van der Waals surface area contributed by atoms with Crippen LogP contribution in [0.3, 0.4) is 0 Å². The molecule has 0 heterocycles. The topological polar surface area (TPSA) is 47.6 Å². The van der Waals surface area contributed by atoms with Crippen molar-refractivity contribution in [3.05, 3.63) is 0 Å². The molecule has 0 atom stereocenters. The van der Waals surface area contributed by atoms with Crippen LogP contribution in [0.15, 0.2) is 4.99 Å². The van der Waals surface area contributed by atoms with E-state index in [1.54, 1.807) is 7.05 Å². The molecular formula is C6H14N2O. The number of nitrogens with two attached hydrogens (primary N) is 1. The first-order valence-electron chi connectivity index (χ1n) is 3.10. The number of amidine groups is 1. The van der Waals surface area contributed by atoms with Gasteiger partial charge in [0, 0.05) is 13.7 Å². The molecule has 0 aliphatic rings. The highest BCUT2D eigenvalue weighted by atomic mass is 16.5. The SMILES string of the molecule is CCCOCC(N)=NC. The number of aliphatic imine (C=N–C) groups is 1. The maximum absolute atomic E-state index is 5.34. The monoisotopic (exact) mass is 130 g/mol. The van der Waals surface area contributed by atoms with Crippen LogP contribution in [0.5, 0.6) is 0 Å². The van der Waals surface area contributed by atoms with Gasteiger partial charge in [-0.05, 0) is 6.42 Å². The lowest BCUT2D eigenvalue weighted by Gasteiger charge is -1.99. The normalized spacial score (nSPS) is 12.0. The molecule has 3 nitrogen and oxygen atoms in total. The van der Waals surface area contributed by atoms with Gasteiger partial charge in [-0.1, -0.05) is 6.92 Å². The van der Waals surface area contributed by atoms with Crippen LogP contribution in [0.25, 0.3) is 0 Å². The number of ether oxygens (including phenoxy) is 1. The van der Waals surface area contributed by atoms with Crippen LogP contribution in [0, 0.1) is 0 Å². The van der Waals surface area contributed by atoms with Gasteiger partial charge in [0.2, 0.25) is 0 Å². The van der Waals surface area contributed by atoms with Crippen LogP contribution in [0.4, 0.5) is 0 Å². The quantitative estimate of drug-likeness (QED) is 0.340. The van der Waals surface area contributed by atoms with Gasteiger partial charge < -0.3 is 10.5 Å². The molecule has 0 rings (SSSR count). The third-order valence-corrected chi connectivity index (χ3v) is 0.886. The van der Waals surface area contributed by atoms with Crippen LogP contribution < -0.4 is 5.73 Å². The third kappa shape index (κ3) is 5.30. The molecule has 0 saturated heterocycles. The number of hydrogen-bond acceptors (Lipinski definition) is 2. The fraction of sp³-hybridized carbons (Fsp3) is 0.833. The van der Waals surface area contributed by atoms with Crippen molar-refractivity contribution in [1.82, 2.24) is 0 Å². The van der Waals surface area contributed by atoms with E-state index in [2.05, 4.69) is 11.9 Å². The van der Waals surface area contributed by atoms with E-state index in [9.17, 15) is 0 Å². The van der Waals surface area contributed by atoms with E-state index in [0.29, 0.717) is 12.4 Å². The van der Waals surface area contributed by atoms with Crippen molar-refractivity contribution in [2.45, 2.75) is 13.3 Å². The van der Waals surface area contributed by atoms with Crippen molar-refractivity contribution < 1.29 is 4.74 Å². The Kier molecular flexibility index (Phi) is 5.21. The lowest BCUT2D eigenvalue weighted by Crippen LogP contribution is -2.18. The predicted octanol–water partition coefficient (Wildman–Crippen LogP) is 0.400. The molecule has 0 radical (unpaired) electrons. The summed E-state index contributed by atoms with van der Waals surface area (Å²) in [5.74, 6) is 0.559. The van der Waals surface area contributed by atoms with Crippen molar-refractivity contribution in [1.29, 1.82) is 0 Å². The number of nitrogens with zero attached hydrogens (tertiary/aromatic N) is 1. The summed E-state index contributed by atoms with van der Waals surface area (Å²) in [4.78, 5) is 3.73. The summed E-state index contributed by atoms with van der Waals surface area (Å²) >= 11 is 0. The Morgan fingerprint density at radius 3 is 2.78 bits per heavy atom. The fourth-order valence-corrected chi connectivity index (χ4v) is 0.386. The first-order valence-corrected chi connectivity index (χ1v) is 3.10. The molecule has 0 unspecified atom stereocenters. The molecule has 0 aliphatic heterocycles. The minimum Gasteiger partial charge on any atom is -0.386 e. The molecule has 9 heavy (non-hydrogen) atoms. The summed E-state index contributed by atoms with van der Waals surface area (Å²) in [5.41, 5.74) is 5.34. The second-order valence-corrected chi connectivity index (χ2v) is 1.77. The van der Waals surface area contributed by atoms with Gasteiger partial charge in [-0.25, -0.2) is 0 Å². The van der Waals surface area contributed by atoms with Crippen molar-refractivity contribution in [2.75, 3.05) is 20.3 Å². The summed E-state index contributed by atoms with van der Waals surface area (Å²) in [6.07, 6.45) is 1.02. The smallest absolute Gasteiger partial charge is 0.120 e. The Hall–Kier alpha value is -0.570. The molecule has 3 heteroatoms. The Bertz CT molecular complexity index is 91.1. The molecule has 0 bridgehead atoms. The maximum atomic E-state index is 5.34.